The average Bonchev–Trinajstić information content (AvgIpc) is 3.73. The molecule has 0 amide bonds. The van der Waals surface area contributed by atoms with Gasteiger partial charge in [0.1, 0.15) is 5.82 Å². The molecular weight excluding hydrogens is 681 g/mol. The molecule has 0 aliphatic carbocycles. The van der Waals surface area contributed by atoms with Gasteiger partial charge in [-0.3, -0.25) is 4.57 Å². The Labute approximate surface area is 326 Å². The summed E-state index contributed by atoms with van der Waals surface area (Å²) in [7, 11) is 0. The van der Waals surface area contributed by atoms with Crippen LogP contribution in [0, 0.1) is 39.0 Å². The highest BCUT2D eigenvalue weighted by Gasteiger charge is 2.21. The third-order valence-electron chi connectivity index (χ3n) is 11.4. The van der Waals surface area contributed by atoms with E-state index in [9.17, 15) is 5.26 Å². The Morgan fingerprint density at radius 2 is 0.982 bits per heavy atom. The lowest BCUT2D eigenvalue weighted by molar-refractivity contribution is 1.06. The van der Waals surface area contributed by atoms with Gasteiger partial charge in [0.2, 0.25) is 0 Å². The third-order valence-corrected chi connectivity index (χ3v) is 11.4. The van der Waals surface area contributed by atoms with Gasteiger partial charge in [-0.05, 0) is 121 Å². The number of aromatic nitrogens is 3. The van der Waals surface area contributed by atoms with Crippen molar-refractivity contribution >= 4 is 43.6 Å². The second-order valence-corrected chi connectivity index (χ2v) is 15.1. The largest absolute Gasteiger partial charge is 0.307 e. The van der Waals surface area contributed by atoms with Crippen molar-refractivity contribution in [3.8, 4) is 51.0 Å². The Kier molecular flexibility index (Phi) is 7.73. The van der Waals surface area contributed by atoms with Gasteiger partial charge in [0, 0.05) is 27.1 Å². The first-order valence-electron chi connectivity index (χ1n) is 19.1. The predicted molar refractivity (Wildman–Crippen MR) is 233 cm³/mol. The molecule has 4 nitrogen and oxygen atoms in total. The molecule has 56 heavy (non-hydrogen) atoms. The molecule has 0 fully saturated rings. The van der Waals surface area contributed by atoms with Crippen molar-refractivity contribution in [3.63, 3.8) is 0 Å². The molecule has 10 rings (SSSR count). The monoisotopic (exact) mass is 718 g/mol. The highest BCUT2D eigenvalue weighted by atomic mass is 15.1. The number of pyridine rings is 1. The zero-order valence-corrected chi connectivity index (χ0v) is 31.8. The molecule has 0 N–H and O–H groups in total. The molecule has 10 aromatic rings. The van der Waals surface area contributed by atoms with Crippen molar-refractivity contribution in [2.45, 2.75) is 27.7 Å². The van der Waals surface area contributed by atoms with Crippen molar-refractivity contribution in [3.05, 3.63) is 186 Å². The number of rotatable bonds is 5. The van der Waals surface area contributed by atoms with Crippen LogP contribution in [0.4, 0.5) is 0 Å². The number of aryl methyl sites for hydroxylation is 4. The van der Waals surface area contributed by atoms with Gasteiger partial charge >= 0.3 is 0 Å². The van der Waals surface area contributed by atoms with E-state index in [4.69, 9.17) is 4.98 Å². The molecule has 0 radical (unpaired) electrons. The summed E-state index contributed by atoms with van der Waals surface area (Å²) in [6.45, 7) is 8.65. The van der Waals surface area contributed by atoms with Gasteiger partial charge in [-0.25, -0.2) is 4.98 Å². The molecule has 7 aromatic carbocycles. The van der Waals surface area contributed by atoms with Crippen LogP contribution in [0.1, 0.15) is 27.8 Å². The van der Waals surface area contributed by atoms with Crippen LogP contribution < -0.4 is 0 Å². The quantitative estimate of drug-likeness (QED) is 0.178. The van der Waals surface area contributed by atoms with Crippen molar-refractivity contribution in [1.29, 1.82) is 5.26 Å². The summed E-state index contributed by atoms with van der Waals surface area (Å²) in [5, 5.41) is 14.7. The van der Waals surface area contributed by atoms with Gasteiger partial charge in [0.05, 0.1) is 45.6 Å². The number of benzene rings is 7. The summed E-state index contributed by atoms with van der Waals surface area (Å²) in [4.78, 5) is 5.29. The molecule has 0 atom stereocenters. The third kappa shape index (κ3) is 5.32. The Morgan fingerprint density at radius 1 is 0.446 bits per heavy atom. The number of hydrogen-bond donors (Lipinski definition) is 0. The summed E-state index contributed by atoms with van der Waals surface area (Å²) >= 11 is 0. The van der Waals surface area contributed by atoms with E-state index in [0.717, 1.165) is 44.7 Å². The fraction of sp³-hybridized carbons (Fsp3) is 0.0769. The maximum atomic E-state index is 10.0. The van der Waals surface area contributed by atoms with E-state index >= 15 is 0 Å². The molecule has 0 aliphatic heterocycles. The van der Waals surface area contributed by atoms with Crippen LogP contribution in [0.25, 0.3) is 88.5 Å². The van der Waals surface area contributed by atoms with E-state index in [2.05, 4.69) is 176 Å². The lowest BCUT2D eigenvalue weighted by Gasteiger charge is -2.17. The van der Waals surface area contributed by atoms with Gasteiger partial charge in [-0.15, -0.1) is 0 Å². The highest BCUT2D eigenvalue weighted by molar-refractivity contribution is 6.12. The number of para-hydroxylation sites is 2. The molecule has 3 aromatic heterocycles. The summed E-state index contributed by atoms with van der Waals surface area (Å²) in [5.41, 5.74) is 17.8. The number of fused-ring (bicyclic) bond motifs is 6. The van der Waals surface area contributed by atoms with Crippen molar-refractivity contribution in [1.82, 2.24) is 14.1 Å². The van der Waals surface area contributed by atoms with Crippen LogP contribution >= 0.6 is 0 Å². The highest BCUT2D eigenvalue weighted by Crippen LogP contribution is 2.41. The van der Waals surface area contributed by atoms with E-state index in [1.54, 1.807) is 0 Å². The van der Waals surface area contributed by atoms with Crippen LogP contribution in [0.3, 0.4) is 0 Å². The van der Waals surface area contributed by atoms with Crippen LogP contribution in [0.15, 0.2) is 158 Å². The molecule has 0 unspecified atom stereocenters. The topological polar surface area (TPSA) is 46.5 Å². The normalized spacial score (nSPS) is 11.6. The molecule has 0 saturated heterocycles. The van der Waals surface area contributed by atoms with Gasteiger partial charge < -0.3 is 4.57 Å². The minimum absolute atomic E-state index is 0.614. The van der Waals surface area contributed by atoms with Crippen LogP contribution in [-0.4, -0.2) is 14.1 Å². The number of hydrogen-bond acceptors (Lipinski definition) is 2. The maximum Gasteiger partial charge on any atom is 0.138 e. The minimum Gasteiger partial charge on any atom is -0.307 e. The first-order chi connectivity index (χ1) is 27.4. The fourth-order valence-corrected chi connectivity index (χ4v) is 8.79. The molecule has 0 aliphatic rings. The summed E-state index contributed by atoms with van der Waals surface area (Å²) < 4.78 is 4.61. The van der Waals surface area contributed by atoms with E-state index in [-0.39, 0.29) is 0 Å². The first-order valence-corrected chi connectivity index (χ1v) is 19.1. The lowest BCUT2D eigenvalue weighted by atomic mass is 9.97. The van der Waals surface area contributed by atoms with E-state index in [1.807, 2.05) is 24.4 Å². The molecule has 0 saturated carbocycles. The van der Waals surface area contributed by atoms with Crippen molar-refractivity contribution in [2.24, 2.45) is 0 Å². The van der Waals surface area contributed by atoms with Crippen LogP contribution in [-0.2, 0) is 0 Å². The van der Waals surface area contributed by atoms with Crippen LogP contribution in [0.2, 0.25) is 0 Å². The van der Waals surface area contributed by atoms with E-state index < -0.39 is 0 Å². The van der Waals surface area contributed by atoms with Crippen LogP contribution in [0.5, 0.6) is 0 Å². The number of nitrogens with zero attached hydrogens (tertiary/aromatic N) is 4. The lowest BCUT2D eigenvalue weighted by Crippen LogP contribution is -2.03. The van der Waals surface area contributed by atoms with Crippen molar-refractivity contribution in [2.75, 3.05) is 0 Å². The first kappa shape index (κ1) is 33.4. The standard InChI is InChI=1S/C52H38N4/c1-32-16-20-40(34(3)24-32)38-18-22-49-45(27-38)42-12-5-7-14-47(42)55(49)51-31-54-52(29-44(51)37-11-9-10-36(26-37)30-53)56-48-15-8-6-13-43(48)46-28-39(19-23-50(46)56)41-21-17-33(2)25-35(41)4/h5-29,31H,1-4H3. The van der Waals surface area contributed by atoms with Gasteiger partial charge in [-0.2, -0.15) is 5.26 Å². The molecule has 4 heteroatoms. The Balaban J connectivity index is 1.22. The molecule has 0 bridgehead atoms. The Morgan fingerprint density at radius 3 is 1.57 bits per heavy atom. The summed E-state index contributed by atoms with van der Waals surface area (Å²) in [6, 6.07) is 56.6. The van der Waals surface area contributed by atoms with Gasteiger partial charge in [-0.1, -0.05) is 108 Å². The Hall–Kier alpha value is -7.22. The summed E-state index contributed by atoms with van der Waals surface area (Å²) in [6.07, 6.45) is 2.01. The molecular formula is C52H38N4. The maximum absolute atomic E-state index is 10.0. The SMILES string of the molecule is Cc1ccc(-c2ccc3c(c2)c2ccccc2n3-c2cc(-c3cccc(C#N)c3)c(-n3c4ccccc4c4cc(-c5ccc(C)cc5C)ccc43)cn2)c(C)c1. The molecule has 3 heterocycles. The van der Waals surface area contributed by atoms with Gasteiger partial charge in [0.15, 0.2) is 0 Å². The zero-order chi connectivity index (χ0) is 38.1. The predicted octanol–water partition coefficient (Wildman–Crippen LogP) is 13.4. The zero-order valence-electron chi connectivity index (χ0n) is 31.8. The van der Waals surface area contributed by atoms with E-state index in [0.29, 0.717) is 5.56 Å². The second-order valence-electron chi connectivity index (χ2n) is 15.1. The van der Waals surface area contributed by atoms with Gasteiger partial charge in [0.25, 0.3) is 0 Å². The molecule has 0 spiro atoms. The minimum atomic E-state index is 0.614. The van der Waals surface area contributed by atoms with Crippen molar-refractivity contribution < 1.29 is 0 Å². The number of nitriles is 1. The van der Waals surface area contributed by atoms with E-state index in [1.165, 1.54) is 66.1 Å². The Bertz CT molecular complexity index is 3260. The smallest absolute Gasteiger partial charge is 0.138 e. The molecule has 266 valence electrons. The fourth-order valence-electron chi connectivity index (χ4n) is 8.79. The summed E-state index contributed by atoms with van der Waals surface area (Å²) in [5.74, 6) is 0.814. The average molecular weight is 719 g/mol. The second kappa shape index (κ2) is 13.0.